The maximum atomic E-state index is 11.9. The van der Waals surface area contributed by atoms with Crippen molar-refractivity contribution in [2.75, 3.05) is 5.32 Å². The first-order valence-electron chi connectivity index (χ1n) is 7.23. The molecule has 0 aliphatic carbocycles. The van der Waals surface area contributed by atoms with Crippen molar-refractivity contribution in [2.45, 2.75) is 6.54 Å². The number of benzene rings is 1. The van der Waals surface area contributed by atoms with Crippen molar-refractivity contribution in [3.05, 3.63) is 72.3 Å². The topological polar surface area (TPSA) is 64.7 Å². The highest BCUT2D eigenvalue weighted by Crippen LogP contribution is 2.08. The first-order valence-corrected chi connectivity index (χ1v) is 7.23. The van der Waals surface area contributed by atoms with Crippen LogP contribution in [0.4, 0.5) is 5.69 Å². The molecule has 0 unspecified atom stereocenters. The lowest BCUT2D eigenvalue weighted by Gasteiger charge is -2.01. The van der Waals surface area contributed by atoms with Gasteiger partial charge in [-0.05, 0) is 11.6 Å². The van der Waals surface area contributed by atoms with E-state index in [0.717, 1.165) is 11.1 Å². The molecular weight excluding hydrogens is 290 g/mol. The number of aromatic nitrogens is 4. The smallest absolute Gasteiger partial charge is 0.248 e. The van der Waals surface area contributed by atoms with Crippen molar-refractivity contribution in [3.63, 3.8) is 0 Å². The van der Waals surface area contributed by atoms with Crippen LogP contribution in [0.1, 0.15) is 11.1 Å². The van der Waals surface area contributed by atoms with Gasteiger partial charge in [0.05, 0.1) is 24.6 Å². The fraction of sp³-hybridized carbons (Fsp3) is 0.118. The number of hydrogen-bond donors (Lipinski definition) is 1. The Morgan fingerprint density at radius 3 is 2.74 bits per heavy atom. The highest BCUT2D eigenvalue weighted by Gasteiger charge is 2.02. The number of amides is 1. The Balaban J connectivity index is 1.58. The Kier molecular flexibility index (Phi) is 4.33. The average molecular weight is 307 g/mol. The third-order valence-electron chi connectivity index (χ3n) is 3.24. The summed E-state index contributed by atoms with van der Waals surface area (Å²) in [4.78, 5) is 11.9. The predicted molar refractivity (Wildman–Crippen MR) is 88.6 cm³/mol. The highest BCUT2D eigenvalue weighted by atomic mass is 16.1. The van der Waals surface area contributed by atoms with Gasteiger partial charge in [-0.1, -0.05) is 30.3 Å². The summed E-state index contributed by atoms with van der Waals surface area (Å²) < 4.78 is 3.47. The van der Waals surface area contributed by atoms with Crippen LogP contribution in [0.15, 0.2) is 61.2 Å². The molecule has 0 saturated carbocycles. The van der Waals surface area contributed by atoms with Gasteiger partial charge in [-0.3, -0.25) is 14.2 Å². The van der Waals surface area contributed by atoms with Crippen LogP contribution >= 0.6 is 0 Å². The van der Waals surface area contributed by atoms with Crippen molar-refractivity contribution in [1.29, 1.82) is 0 Å². The van der Waals surface area contributed by atoms with Gasteiger partial charge in [0.15, 0.2) is 0 Å². The summed E-state index contributed by atoms with van der Waals surface area (Å²) in [6, 6.07) is 10.0. The van der Waals surface area contributed by atoms with E-state index in [1.54, 1.807) is 27.8 Å². The van der Waals surface area contributed by atoms with Gasteiger partial charge < -0.3 is 5.32 Å². The summed E-state index contributed by atoms with van der Waals surface area (Å²) in [6.07, 6.45) is 10.2. The Morgan fingerprint density at radius 1 is 1.17 bits per heavy atom. The van der Waals surface area contributed by atoms with Crippen molar-refractivity contribution >= 4 is 17.7 Å². The van der Waals surface area contributed by atoms with E-state index in [2.05, 4.69) is 15.5 Å². The Hall–Kier alpha value is -3.15. The van der Waals surface area contributed by atoms with E-state index < -0.39 is 0 Å². The van der Waals surface area contributed by atoms with Gasteiger partial charge in [-0.2, -0.15) is 10.2 Å². The molecule has 2 aromatic heterocycles. The van der Waals surface area contributed by atoms with Gasteiger partial charge >= 0.3 is 0 Å². The molecule has 1 aromatic carbocycles. The van der Waals surface area contributed by atoms with E-state index in [0.29, 0.717) is 12.2 Å². The van der Waals surface area contributed by atoms with E-state index in [-0.39, 0.29) is 5.91 Å². The Bertz CT molecular complexity index is 816. The third-order valence-corrected chi connectivity index (χ3v) is 3.24. The molecule has 116 valence electrons. The lowest BCUT2D eigenvalue weighted by molar-refractivity contribution is -0.111. The highest BCUT2D eigenvalue weighted by molar-refractivity contribution is 6.01. The minimum absolute atomic E-state index is 0.201. The quantitative estimate of drug-likeness (QED) is 0.736. The first-order chi connectivity index (χ1) is 11.2. The number of aryl methyl sites for hydroxylation is 1. The number of carbonyl (C=O) groups is 1. The largest absolute Gasteiger partial charge is 0.320 e. The minimum atomic E-state index is -0.201. The van der Waals surface area contributed by atoms with Crippen molar-refractivity contribution in [1.82, 2.24) is 19.6 Å². The molecule has 6 nitrogen and oxygen atoms in total. The lowest BCUT2D eigenvalue weighted by Crippen LogP contribution is -2.07. The second-order valence-corrected chi connectivity index (χ2v) is 5.18. The van der Waals surface area contributed by atoms with Crippen LogP contribution < -0.4 is 5.32 Å². The predicted octanol–water partition coefficient (Wildman–Crippen LogP) is 2.32. The number of rotatable bonds is 5. The monoisotopic (exact) mass is 307 g/mol. The van der Waals surface area contributed by atoms with Crippen LogP contribution in [0.3, 0.4) is 0 Å². The summed E-state index contributed by atoms with van der Waals surface area (Å²) in [6.45, 7) is 0.669. The zero-order chi connectivity index (χ0) is 16.1. The zero-order valence-corrected chi connectivity index (χ0v) is 12.8. The van der Waals surface area contributed by atoms with Gasteiger partial charge in [-0.15, -0.1) is 0 Å². The van der Waals surface area contributed by atoms with Crippen LogP contribution in [0.2, 0.25) is 0 Å². The molecule has 0 radical (unpaired) electrons. The molecule has 3 aromatic rings. The van der Waals surface area contributed by atoms with Crippen LogP contribution in [0.5, 0.6) is 0 Å². The summed E-state index contributed by atoms with van der Waals surface area (Å²) in [5.41, 5.74) is 2.70. The fourth-order valence-electron chi connectivity index (χ4n) is 2.17. The zero-order valence-electron chi connectivity index (χ0n) is 12.8. The fourth-order valence-corrected chi connectivity index (χ4v) is 2.17. The molecule has 2 heterocycles. The molecule has 0 aliphatic heterocycles. The third kappa shape index (κ3) is 4.16. The van der Waals surface area contributed by atoms with Crippen LogP contribution in [-0.4, -0.2) is 25.5 Å². The molecule has 0 aliphatic rings. The summed E-state index contributed by atoms with van der Waals surface area (Å²) >= 11 is 0. The second kappa shape index (κ2) is 6.74. The van der Waals surface area contributed by atoms with Crippen LogP contribution in [0.25, 0.3) is 6.08 Å². The maximum Gasteiger partial charge on any atom is 0.248 e. The molecule has 0 fully saturated rings. The van der Waals surface area contributed by atoms with Crippen molar-refractivity contribution in [2.24, 2.45) is 7.05 Å². The Morgan fingerprint density at radius 2 is 2.00 bits per heavy atom. The van der Waals surface area contributed by atoms with Gasteiger partial charge in [0.2, 0.25) is 5.91 Å². The number of nitrogens with zero attached hydrogens (tertiary/aromatic N) is 4. The van der Waals surface area contributed by atoms with Crippen LogP contribution in [-0.2, 0) is 18.4 Å². The molecule has 0 spiro atoms. The van der Waals surface area contributed by atoms with Gasteiger partial charge in [0.1, 0.15) is 0 Å². The second-order valence-electron chi connectivity index (χ2n) is 5.18. The molecular formula is C17H17N5O. The normalized spacial score (nSPS) is 11.0. The average Bonchev–Trinajstić information content (AvgIpc) is 3.15. The maximum absolute atomic E-state index is 11.9. The van der Waals surface area contributed by atoms with Crippen LogP contribution in [0, 0.1) is 0 Å². The molecule has 1 N–H and O–H groups in total. The molecule has 1 amide bonds. The van der Waals surface area contributed by atoms with Crippen molar-refractivity contribution < 1.29 is 4.79 Å². The van der Waals surface area contributed by atoms with E-state index in [1.807, 2.05) is 49.8 Å². The molecule has 3 rings (SSSR count). The van der Waals surface area contributed by atoms with Crippen molar-refractivity contribution in [3.8, 4) is 0 Å². The first kappa shape index (κ1) is 14.8. The van der Waals surface area contributed by atoms with E-state index >= 15 is 0 Å². The molecule has 0 atom stereocenters. The summed E-state index contributed by atoms with van der Waals surface area (Å²) in [5.74, 6) is -0.201. The molecule has 0 saturated heterocycles. The summed E-state index contributed by atoms with van der Waals surface area (Å²) in [7, 11) is 1.83. The molecule has 6 heteroatoms. The summed E-state index contributed by atoms with van der Waals surface area (Å²) in [5, 5.41) is 11.1. The van der Waals surface area contributed by atoms with E-state index in [9.17, 15) is 4.79 Å². The molecule has 0 bridgehead atoms. The number of anilines is 1. The Labute approximate surface area is 134 Å². The number of nitrogens with one attached hydrogen (secondary N) is 1. The lowest BCUT2D eigenvalue weighted by atomic mass is 10.2. The minimum Gasteiger partial charge on any atom is -0.320 e. The van der Waals surface area contributed by atoms with E-state index in [4.69, 9.17) is 0 Å². The van der Waals surface area contributed by atoms with Gasteiger partial charge in [0.25, 0.3) is 0 Å². The molecule has 23 heavy (non-hydrogen) atoms. The van der Waals surface area contributed by atoms with Gasteiger partial charge in [-0.25, -0.2) is 0 Å². The standard InChI is InChI=1S/C17H17N5O/c1-21-11-15(9-18-21)7-8-17(23)20-16-10-19-22(13-16)12-14-5-3-2-4-6-14/h2-11,13H,12H2,1H3,(H,20,23)/b8-7+. The SMILES string of the molecule is Cn1cc(/C=C/C(=O)Nc2cnn(Cc3ccccc3)c2)cn1. The van der Waals surface area contributed by atoms with Gasteiger partial charge in [0, 0.05) is 31.1 Å². The van der Waals surface area contributed by atoms with E-state index in [1.165, 1.54) is 6.08 Å². The number of carbonyl (C=O) groups excluding carboxylic acids is 1. The number of hydrogen-bond acceptors (Lipinski definition) is 3.